The van der Waals surface area contributed by atoms with Gasteiger partial charge in [0.05, 0.1) is 10.2 Å². The molecular formula is C21H25N3OS3. The molecule has 0 N–H and O–H groups in total. The number of hydrogen-bond donors (Lipinski definition) is 0. The Morgan fingerprint density at radius 2 is 2.04 bits per heavy atom. The minimum Gasteiger partial charge on any atom is -0.302 e. The van der Waals surface area contributed by atoms with E-state index in [9.17, 15) is 4.79 Å². The number of carbonyl (C=O) groups is 1. The van der Waals surface area contributed by atoms with Crippen molar-refractivity contribution in [2.45, 2.75) is 18.7 Å². The van der Waals surface area contributed by atoms with Crippen molar-refractivity contribution in [1.82, 2.24) is 9.88 Å². The predicted octanol–water partition coefficient (Wildman–Crippen LogP) is 5.47. The Bertz CT molecular complexity index is 930. The number of thiazole rings is 1. The fraction of sp³-hybridized carbons (Fsp3) is 0.333. The van der Waals surface area contributed by atoms with E-state index in [0.29, 0.717) is 6.54 Å². The first-order chi connectivity index (χ1) is 13.6. The van der Waals surface area contributed by atoms with Crippen LogP contribution in [-0.2, 0) is 4.79 Å². The lowest BCUT2D eigenvalue weighted by molar-refractivity contribution is -0.114. The maximum atomic E-state index is 13.0. The van der Waals surface area contributed by atoms with Crippen molar-refractivity contribution < 1.29 is 4.79 Å². The minimum absolute atomic E-state index is 0.0234. The summed E-state index contributed by atoms with van der Waals surface area (Å²) in [6, 6.07) is 10.3. The van der Waals surface area contributed by atoms with E-state index >= 15 is 0 Å². The molecule has 0 unspecified atom stereocenters. The van der Waals surface area contributed by atoms with Crippen molar-refractivity contribution in [1.29, 1.82) is 0 Å². The van der Waals surface area contributed by atoms with Crippen LogP contribution in [0.1, 0.15) is 18.7 Å². The molecule has 0 aliphatic carbocycles. The van der Waals surface area contributed by atoms with Gasteiger partial charge >= 0.3 is 0 Å². The van der Waals surface area contributed by atoms with Gasteiger partial charge in [0.15, 0.2) is 5.13 Å². The maximum Gasteiger partial charge on any atom is 0.252 e. The lowest BCUT2D eigenvalue weighted by Gasteiger charge is -2.23. The quantitative estimate of drug-likeness (QED) is 0.333. The molecule has 0 fully saturated rings. The SMILES string of the molecule is CCN(CC)CCN(C(=O)C=Cc1cccs1)c1nc2ccc(SC)cc2s1. The summed E-state index contributed by atoms with van der Waals surface area (Å²) >= 11 is 4.92. The number of thioether (sulfide) groups is 1. The van der Waals surface area contributed by atoms with Gasteiger partial charge in [0.1, 0.15) is 0 Å². The molecule has 4 nitrogen and oxygen atoms in total. The number of thiophene rings is 1. The van der Waals surface area contributed by atoms with E-state index < -0.39 is 0 Å². The predicted molar refractivity (Wildman–Crippen MR) is 125 cm³/mol. The maximum absolute atomic E-state index is 13.0. The molecule has 7 heteroatoms. The number of carbonyl (C=O) groups excluding carboxylic acids is 1. The molecule has 1 amide bonds. The summed E-state index contributed by atoms with van der Waals surface area (Å²) in [5, 5.41) is 2.78. The molecule has 0 spiro atoms. The highest BCUT2D eigenvalue weighted by Crippen LogP contribution is 2.31. The number of amides is 1. The van der Waals surface area contributed by atoms with E-state index in [1.54, 1.807) is 40.5 Å². The molecule has 0 aliphatic heterocycles. The smallest absolute Gasteiger partial charge is 0.252 e. The van der Waals surface area contributed by atoms with Crippen LogP contribution >= 0.6 is 34.4 Å². The van der Waals surface area contributed by atoms with Gasteiger partial charge in [0, 0.05) is 28.9 Å². The van der Waals surface area contributed by atoms with Crippen LogP contribution in [0.2, 0.25) is 0 Å². The number of nitrogens with zero attached hydrogens (tertiary/aromatic N) is 3. The monoisotopic (exact) mass is 431 g/mol. The van der Waals surface area contributed by atoms with Gasteiger partial charge in [0.25, 0.3) is 5.91 Å². The first-order valence-corrected chi connectivity index (χ1v) is 12.3. The summed E-state index contributed by atoms with van der Waals surface area (Å²) in [4.78, 5) is 24.2. The lowest BCUT2D eigenvalue weighted by Crippen LogP contribution is -2.38. The molecule has 0 bridgehead atoms. The summed E-state index contributed by atoms with van der Waals surface area (Å²) in [6.45, 7) is 7.70. The van der Waals surface area contributed by atoms with Gasteiger partial charge in [-0.25, -0.2) is 4.98 Å². The molecule has 0 aliphatic rings. The van der Waals surface area contributed by atoms with E-state index in [2.05, 4.69) is 37.1 Å². The van der Waals surface area contributed by atoms with Gasteiger partial charge in [-0.3, -0.25) is 9.69 Å². The van der Waals surface area contributed by atoms with Crippen molar-refractivity contribution >= 4 is 61.8 Å². The molecule has 0 saturated heterocycles. The highest BCUT2D eigenvalue weighted by atomic mass is 32.2. The van der Waals surface area contributed by atoms with Crippen LogP contribution in [0.5, 0.6) is 0 Å². The zero-order valence-electron chi connectivity index (χ0n) is 16.4. The summed E-state index contributed by atoms with van der Waals surface area (Å²) in [7, 11) is 0. The highest BCUT2D eigenvalue weighted by molar-refractivity contribution is 7.98. The van der Waals surface area contributed by atoms with Crippen LogP contribution < -0.4 is 4.90 Å². The van der Waals surface area contributed by atoms with Gasteiger partial charge in [-0.05, 0) is 55.1 Å². The van der Waals surface area contributed by atoms with Gasteiger partial charge in [-0.2, -0.15) is 0 Å². The molecule has 3 aromatic rings. The van der Waals surface area contributed by atoms with Crippen molar-refractivity contribution in [2.24, 2.45) is 0 Å². The van der Waals surface area contributed by atoms with Crippen LogP contribution in [0.4, 0.5) is 5.13 Å². The van der Waals surface area contributed by atoms with Gasteiger partial charge in [-0.1, -0.05) is 31.3 Å². The Kier molecular flexibility index (Phi) is 7.67. The van der Waals surface area contributed by atoms with Gasteiger partial charge in [-0.15, -0.1) is 23.1 Å². The number of fused-ring (bicyclic) bond motifs is 1. The van der Waals surface area contributed by atoms with Crippen molar-refractivity contribution in [3.63, 3.8) is 0 Å². The third-order valence-corrected chi connectivity index (χ3v) is 7.15. The van der Waals surface area contributed by atoms with Gasteiger partial charge in [0.2, 0.25) is 0 Å². The second kappa shape index (κ2) is 10.2. The molecule has 0 atom stereocenters. The van der Waals surface area contributed by atoms with Crippen molar-refractivity contribution in [3.05, 3.63) is 46.7 Å². The van der Waals surface area contributed by atoms with E-state index in [0.717, 1.165) is 39.9 Å². The Labute approximate surface area is 178 Å². The van der Waals surface area contributed by atoms with E-state index in [-0.39, 0.29) is 5.91 Å². The van der Waals surface area contributed by atoms with Crippen molar-refractivity contribution in [3.8, 4) is 0 Å². The van der Waals surface area contributed by atoms with E-state index in [1.807, 2.05) is 34.6 Å². The second-order valence-electron chi connectivity index (χ2n) is 6.20. The molecule has 148 valence electrons. The molecule has 28 heavy (non-hydrogen) atoms. The number of likely N-dealkylation sites (N-methyl/N-ethyl adjacent to an activating group) is 1. The summed E-state index contributed by atoms with van der Waals surface area (Å²) in [5.74, 6) is -0.0234. The fourth-order valence-corrected chi connectivity index (χ4v) is 5.01. The number of hydrogen-bond acceptors (Lipinski definition) is 6. The Hall–Kier alpha value is -1.67. The molecule has 2 aromatic heterocycles. The van der Waals surface area contributed by atoms with E-state index in [1.165, 1.54) is 4.90 Å². The third kappa shape index (κ3) is 5.23. The first-order valence-electron chi connectivity index (χ1n) is 9.34. The Balaban J connectivity index is 1.87. The average molecular weight is 432 g/mol. The van der Waals surface area contributed by atoms with Crippen LogP contribution in [0.15, 0.2) is 46.7 Å². The molecule has 0 radical (unpaired) electrons. The topological polar surface area (TPSA) is 36.4 Å². The first kappa shape index (κ1) is 21.0. The molecule has 1 aromatic carbocycles. The van der Waals surface area contributed by atoms with Gasteiger partial charge < -0.3 is 4.90 Å². The fourth-order valence-electron chi connectivity index (χ4n) is 2.85. The highest BCUT2D eigenvalue weighted by Gasteiger charge is 2.19. The molecule has 2 heterocycles. The van der Waals surface area contributed by atoms with Crippen LogP contribution in [0, 0.1) is 0 Å². The van der Waals surface area contributed by atoms with E-state index in [4.69, 9.17) is 4.98 Å². The number of anilines is 1. The number of aromatic nitrogens is 1. The summed E-state index contributed by atoms with van der Waals surface area (Å²) in [6.07, 6.45) is 5.61. The average Bonchev–Trinajstić information content (AvgIpc) is 3.38. The lowest BCUT2D eigenvalue weighted by atomic mass is 10.3. The Morgan fingerprint density at radius 3 is 2.71 bits per heavy atom. The van der Waals surface area contributed by atoms with Crippen molar-refractivity contribution in [2.75, 3.05) is 37.3 Å². The van der Waals surface area contributed by atoms with Crippen LogP contribution in [0.3, 0.4) is 0 Å². The Morgan fingerprint density at radius 1 is 1.21 bits per heavy atom. The minimum atomic E-state index is -0.0234. The molecular weight excluding hydrogens is 406 g/mol. The standard InChI is InChI=1S/C21H25N3OS3/c1-4-23(5-2)12-13-24(20(25)11-9-16-7-6-14-27-16)21-22-18-10-8-17(26-3)15-19(18)28-21/h6-11,14-15H,4-5,12-13H2,1-3H3. The summed E-state index contributed by atoms with van der Waals surface area (Å²) < 4.78 is 1.12. The molecule has 0 saturated carbocycles. The molecule has 3 rings (SSSR count). The second-order valence-corrected chi connectivity index (χ2v) is 9.06. The summed E-state index contributed by atoms with van der Waals surface area (Å²) in [5.41, 5.74) is 0.945. The third-order valence-electron chi connectivity index (χ3n) is 4.55. The number of rotatable bonds is 9. The largest absolute Gasteiger partial charge is 0.302 e. The van der Waals surface area contributed by atoms with Crippen LogP contribution in [0.25, 0.3) is 16.3 Å². The zero-order chi connectivity index (χ0) is 19.9. The zero-order valence-corrected chi connectivity index (χ0v) is 18.9. The number of benzene rings is 1. The van der Waals surface area contributed by atoms with Crippen LogP contribution in [-0.4, -0.2) is 48.2 Å². The normalized spacial score (nSPS) is 11.7.